The number of hydrogen-bond donors (Lipinski definition) is 1. The Labute approximate surface area is 81.6 Å². The van der Waals surface area contributed by atoms with Crippen LogP contribution in [0.5, 0.6) is 0 Å². The molecular formula is C8H15ClF3N. The first-order valence-corrected chi connectivity index (χ1v) is 4.68. The zero-order chi connectivity index (χ0) is 10.5. The largest absolute Gasteiger partial charge is 0.390 e. The Hall–Kier alpha value is 0.0400. The quantitative estimate of drug-likeness (QED) is 0.699. The Morgan fingerprint density at radius 3 is 2.08 bits per heavy atom. The Kier molecular flexibility index (Phi) is 5.07. The molecule has 0 rings (SSSR count). The summed E-state index contributed by atoms with van der Waals surface area (Å²) in [5.74, 6) is 0.450. The van der Waals surface area contributed by atoms with Crippen molar-refractivity contribution >= 4 is 11.6 Å². The zero-order valence-corrected chi connectivity index (χ0v) is 8.60. The van der Waals surface area contributed by atoms with Crippen LogP contribution in [0.2, 0.25) is 0 Å². The van der Waals surface area contributed by atoms with Gasteiger partial charge in [0.2, 0.25) is 0 Å². The topological polar surface area (TPSA) is 12.0 Å². The molecule has 1 N–H and O–H groups in total. The summed E-state index contributed by atoms with van der Waals surface area (Å²) in [5, 5.41) is 2.81. The lowest BCUT2D eigenvalue weighted by atomic mass is 10.0. The molecule has 80 valence electrons. The fourth-order valence-electron chi connectivity index (χ4n) is 0.867. The molecular weight excluding hydrogens is 203 g/mol. The molecule has 0 heterocycles. The van der Waals surface area contributed by atoms with E-state index in [9.17, 15) is 13.2 Å². The van der Waals surface area contributed by atoms with Gasteiger partial charge in [0.15, 0.2) is 0 Å². The van der Waals surface area contributed by atoms with Gasteiger partial charge in [-0.15, -0.1) is 11.6 Å². The van der Waals surface area contributed by atoms with Crippen molar-refractivity contribution in [3.8, 4) is 0 Å². The van der Waals surface area contributed by atoms with Crippen molar-refractivity contribution in [1.82, 2.24) is 5.32 Å². The molecule has 0 unspecified atom stereocenters. The van der Waals surface area contributed by atoms with Gasteiger partial charge < -0.3 is 5.32 Å². The number of halogens is 4. The lowest BCUT2D eigenvalue weighted by Gasteiger charge is -2.25. The molecule has 1 nitrogen and oxygen atoms in total. The van der Waals surface area contributed by atoms with Crippen molar-refractivity contribution < 1.29 is 13.2 Å². The molecule has 0 amide bonds. The molecule has 0 bridgehead atoms. The lowest BCUT2D eigenvalue weighted by Crippen LogP contribution is -2.41. The average Bonchev–Trinajstić information content (AvgIpc) is 1.82. The minimum atomic E-state index is -4.08. The number of rotatable bonds is 5. The molecule has 0 aromatic heterocycles. The fourth-order valence-corrected chi connectivity index (χ4v) is 1.34. The fraction of sp³-hybridized carbons (Fsp3) is 1.00. The van der Waals surface area contributed by atoms with Gasteiger partial charge in [-0.2, -0.15) is 13.2 Å². The lowest BCUT2D eigenvalue weighted by molar-refractivity contribution is -0.134. The van der Waals surface area contributed by atoms with Gasteiger partial charge in [-0.3, -0.25) is 0 Å². The van der Waals surface area contributed by atoms with Gasteiger partial charge in [-0.1, -0.05) is 0 Å². The van der Waals surface area contributed by atoms with Crippen LogP contribution in [-0.2, 0) is 0 Å². The van der Waals surface area contributed by atoms with Crippen LogP contribution in [0.15, 0.2) is 0 Å². The summed E-state index contributed by atoms with van der Waals surface area (Å²) in [6.45, 7) is 3.63. The maximum Gasteiger partial charge on any atom is 0.390 e. The van der Waals surface area contributed by atoms with E-state index >= 15 is 0 Å². The zero-order valence-electron chi connectivity index (χ0n) is 7.84. The molecule has 0 saturated heterocycles. The van der Waals surface area contributed by atoms with Crippen LogP contribution in [0.3, 0.4) is 0 Å². The minimum absolute atomic E-state index is 0.0482. The summed E-state index contributed by atoms with van der Waals surface area (Å²) in [7, 11) is 0. The second-order valence-electron chi connectivity index (χ2n) is 3.61. The van der Waals surface area contributed by atoms with Crippen LogP contribution in [0, 0.1) is 0 Å². The second-order valence-corrected chi connectivity index (χ2v) is 3.99. The van der Waals surface area contributed by atoms with Crippen molar-refractivity contribution in [3.63, 3.8) is 0 Å². The van der Waals surface area contributed by atoms with E-state index in [0.717, 1.165) is 0 Å². The molecule has 0 spiro atoms. The summed E-state index contributed by atoms with van der Waals surface area (Å²) in [6.07, 6.45) is -4.21. The van der Waals surface area contributed by atoms with E-state index in [4.69, 9.17) is 11.6 Å². The normalized spacial score (nSPS) is 13.4. The summed E-state index contributed by atoms with van der Waals surface area (Å²) >= 11 is 5.49. The first kappa shape index (κ1) is 13.0. The first-order valence-electron chi connectivity index (χ1n) is 4.14. The standard InChI is InChI=1S/C8H15ClF3N/c1-7(2,3-5-9)13-6-4-8(10,11)12/h13H,3-6H2,1-2H3. The summed E-state index contributed by atoms with van der Waals surface area (Å²) < 4.78 is 35.3. The number of nitrogens with one attached hydrogen (secondary N) is 1. The van der Waals surface area contributed by atoms with Crippen molar-refractivity contribution in [3.05, 3.63) is 0 Å². The van der Waals surface area contributed by atoms with E-state index in [0.29, 0.717) is 12.3 Å². The van der Waals surface area contributed by atoms with Gasteiger partial charge >= 0.3 is 6.18 Å². The summed E-state index contributed by atoms with van der Waals surface area (Å²) in [5.41, 5.74) is -0.312. The smallest absolute Gasteiger partial charge is 0.311 e. The van der Waals surface area contributed by atoms with Crippen molar-refractivity contribution in [2.24, 2.45) is 0 Å². The molecule has 0 aromatic rings. The average molecular weight is 218 g/mol. The van der Waals surface area contributed by atoms with E-state index in [2.05, 4.69) is 5.32 Å². The Morgan fingerprint density at radius 2 is 1.69 bits per heavy atom. The highest BCUT2D eigenvalue weighted by Gasteiger charge is 2.27. The summed E-state index contributed by atoms with van der Waals surface area (Å²) in [6, 6.07) is 0. The third kappa shape index (κ3) is 8.37. The SMILES string of the molecule is CC(C)(CCCl)NCCC(F)(F)F. The first-order chi connectivity index (χ1) is 5.77. The molecule has 0 aliphatic heterocycles. The molecule has 0 aliphatic rings. The Bertz CT molecular complexity index is 145. The number of hydrogen-bond acceptors (Lipinski definition) is 1. The van der Waals surface area contributed by atoms with E-state index in [1.807, 2.05) is 13.8 Å². The van der Waals surface area contributed by atoms with Gasteiger partial charge in [0.05, 0.1) is 6.42 Å². The molecule has 0 fully saturated rings. The predicted molar refractivity (Wildman–Crippen MR) is 48.1 cm³/mol. The van der Waals surface area contributed by atoms with Gasteiger partial charge in [-0.05, 0) is 20.3 Å². The Balaban J connectivity index is 3.63. The minimum Gasteiger partial charge on any atom is -0.311 e. The predicted octanol–water partition coefficient (Wildman–Crippen LogP) is 2.94. The van der Waals surface area contributed by atoms with Crippen molar-refractivity contribution in [1.29, 1.82) is 0 Å². The van der Waals surface area contributed by atoms with E-state index < -0.39 is 12.6 Å². The van der Waals surface area contributed by atoms with Crippen LogP contribution in [-0.4, -0.2) is 24.1 Å². The third-order valence-electron chi connectivity index (χ3n) is 1.73. The van der Waals surface area contributed by atoms with Crippen LogP contribution in [0.4, 0.5) is 13.2 Å². The maximum atomic E-state index is 11.8. The molecule has 0 aliphatic carbocycles. The van der Waals surface area contributed by atoms with Crippen molar-refractivity contribution in [2.75, 3.05) is 12.4 Å². The van der Waals surface area contributed by atoms with Crippen LogP contribution < -0.4 is 5.32 Å². The van der Waals surface area contributed by atoms with Gasteiger partial charge in [0, 0.05) is 18.0 Å². The van der Waals surface area contributed by atoms with Crippen LogP contribution in [0.25, 0.3) is 0 Å². The van der Waals surface area contributed by atoms with Crippen LogP contribution >= 0.6 is 11.6 Å². The van der Waals surface area contributed by atoms with E-state index in [-0.39, 0.29) is 12.1 Å². The number of alkyl halides is 4. The van der Waals surface area contributed by atoms with E-state index in [1.165, 1.54) is 0 Å². The van der Waals surface area contributed by atoms with Gasteiger partial charge in [0.25, 0.3) is 0 Å². The second kappa shape index (κ2) is 5.05. The van der Waals surface area contributed by atoms with Gasteiger partial charge in [-0.25, -0.2) is 0 Å². The Morgan fingerprint density at radius 1 is 1.15 bits per heavy atom. The summed E-state index contributed by atoms with van der Waals surface area (Å²) in [4.78, 5) is 0. The molecule has 5 heteroatoms. The molecule has 0 radical (unpaired) electrons. The maximum absolute atomic E-state index is 11.8. The van der Waals surface area contributed by atoms with Crippen LogP contribution in [0.1, 0.15) is 26.7 Å². The molecule has 0 aromatic carbocycles. The highest BCUT2D eigenvalue weighted by atomic mass is 35.5. The highest BCUT2D eigenvalue weighted by Crippen LogP contribution is 2.19. The molecule has 0 saturated carbocycles. The molecule has 13 heavy (non-hydrogen) atoms. The molecule has 0 atom stereocenters. The highest BCUT2D eigenvalue weighted by molar-refractivity contribution is 6.17. The van der Waals surface area contributed by atoms with Crippen molar-refractivity contribution in [2.45, 2.75) is 38.4 Å². The van der Waals surface area contributed by atoms with E-state index in [1.54, 1.807) is 0 Å². The third-order valence-corrected chi connectivity index (χ3v) is 1.92. The van der Waals surface area contributed by atoms with Gasteiger partial charge in [0.1, 0.15) is 0 Å². The monoisotopic (exact) mass is 217 g/mol.